The summed E-state index contributed by atoms with van der Waals surface area (Å²) in [7, 11) is 0. The molecule has 0 aromatic heterocycles. The predicted octanol–water partition coefficient (Wildman–Crippen LogP) is 5.01. The highest BCUT2D eigenvalue weighted by atomic mass is 16.2. The molecule has 0 saturated heterocycles. The number of amides is 2. The molecule has 0 bridgehead atoms. The van der Waals surface area contributed by atoms with Gasteiger partial charge in [-0.1, -0.05) is 65.7 Å². The molecule has 1 aromatic rings. The number of benzene rings is 1. The van der Waals surface area contributed by atoms with E-state index in [1.54, 1.807) is 0 Å². The van der Waals surface area contributed by atoms with Crippen LogP contribution in [0.1, 0.15) is 66.7 Å². The quantitative estimate of drug-likeness (QED) is 0.737. The van der Waals surface area contributed by atoms with Crippen LogP contribution in [0.5, 0.6) is 0 Å². The van der Waals surface area contributed by atoms with Gasteiger partial charge in [-0.2, -0.15) is 0 Å². The Morgan fingerprint density at radius 3 is 2.00 bits per heavy atom. The van der Waals surface area contributed by atoms with Crippen LogP contribution in [0, 0.1) is 22.7 Å². The highest BCUT2D eigenvalue weighted by Gasteiger charge is 2.33. The summed E-state index contributed by atoms with van der Waals surface area (Å²) in [5, 5.41) is 6.14. The van der Waals surface area contributed by atoms with Gasteiger partial charge in [-0.3, -0.25) is 9.59 Å². The summed E-state index contributed by atoms with van der Waals surface area (Å²) in [4.78, 5) is 24.7. The zero-order valence-corrected chi connectivity index (χ0v) is 17.6. The van der Waals surface area contributed by atoms with Crippen molar-refractivity contribution in [1.29, 1.82) is 0 Å². The molecule has 2 amide bonds. The molecule has 2 N–H and O–H groups in total. The number of carbonyl (C=O) groups excluding carboxylic acids is 2. The van der Waals surface area contributed by atoms with Crippen LogP contribution in [0.15, 0.2) is 30.3 Å². The second-order valence-corrected chi connectivity index (χ2v) is 9.75. The monoisotopic (exact) mass is 372 g/mol. The summed E-state index contributed by atoms with van der Waals surface area (Å²) < 4.78 is 0. The van der Waals surface area contributed by atoms with Gasteiger partial charge in [-0.25, -0.2) is 0 Å². The van der Waals surface area contributed by atoms with E-state index in [1.807, 2.05) is 65.0 Å². The maximum Gasteiger partial charge on any atom is 0.230 e. The minimum atomic E-state index is -0.381. The van der Waals surface area contributed by atoms with Crippen molar-refractivity contribution >= 4 is 17.5 Å². The van der Waals surface area contributed by atoms with E-state index in [4.69, 9.17) is 0 Å². The van der Waals surface area contributed by atoms with Gasteiger partial charge in [0.2, 0.25) is 11.8 Å². The molecule has 27 heavy (non-hydrogen) atoms. The van der Waals surface area contributed by atoms with E-state index in [0.29, 0.717) is 11.8 Å². The van der Waals surface area contributed by atoms with Crippen LogP contribution < -0.4 is 10.6 Å². The molecule has 0 heterocycles. The number of para-hydroxylation sites is 1. The number of anilines is 1. The first-order valence-corrected chi connectivity index (χ1v) is 10.2. The van der Waals surface area contributed by atoms with Gasteiger partial charge in [0.1, 0.15) is 0 Å². The fourth-order valence-electron chi connectivity index (χ4n) is 3.78. The SMILES string of the molecule is CC(C)(C)C(=O)NCC1CCC(CC(C)(C)C(=O)Nc2ccccc2)CC1. The van der Waals surface area contributed by atoms with Crippen molar-refractivity contribution in [2.75, 3.05) is 11.9 Å². The van der Waals surface area contributed by atoms with E-state index in [-0.39, 0.29) is 22.6 Å². The second kappa shape index (κ2) is 8.90. The lowest BCUT2D eigenvalue weighted by molar-refractivity contribution is -0.129. The smallest absolute Gasteiger partial charge is 0.230 e. The highest BCUT2D eigenvalue weighted by Crippen LogP contribution is 2.37. The second-order valence-electron chi connectivity index (χ2n) is 9.75. The van der Waals surface area contributed by atoms with Crippen molar-refractivity contribution in [2.24, 2.45) is 22.7 Å². The number of nitrogens with one attached hydrogen (secondary N) is 2. The first kappa shape index (κ1) is 21.5. The molecule has 4 nitrogen and oxygen atoms in total. The number of hydrogen-bond donors (Lipinski definition) is 2. The van der Waals surface area contributed by atoms with Gasteiger partial charge in [-0.15, -0.1) is 0 Å². The molecule has 1 aromatic carbocycles. The van der Waals surface area contributed by atoms with Crippen LogP contribution in [0.3, 0.4) is 0 Å². The van der Waals surface area contributed by atoms with Crippen LogP contribution in [0.2, 0.25) is 0 Å². The Labute approximate surface area is 164 Å². The molecule has 0 spiro atoms. The van der Waals surface area contributed by atoms with Crippen molar-refractivity contribution in [3.05, 3.63) is 30.3 Å². The Balaban J connectivity index is 1.77. The third-order valence-electron chi connectivity index (χ3n) is 5.64. The van der Waals surface area contributed by atoms with Crippen molar-refractivity contribution in [3.8, 4) is 0 Å². The van der Waals surface area contributed by atoms with Gasteiger partial charge in [0.25, 0.3) is 0 Å². The van der Waals surface area contributed by atoms with E-state index < -0.39 is 0 Å². The third-order valence-corrected chi connectivity index (χ3v) is 5.64. The minimum Gasteiger partial charge on any atom is -0.355 e. The van der Waals surface area contributed by atoms with Gasteiger partial charge < -0.3 is 10.6 Å². The predicted molar refractivity (Wildman–Crippen MR) is 111 cm³/mol. The van der Waals surface area contributed by atoms with Crippen molar-refractivity contribution in [2.45, 2.75) is 66.7 Å². The van der Waals surface area contributed by atoms with Crippen LogP contribution >= 0.6 is 0 Å². The molecular weight excluding hydrogens is 336 g/mol. The van der Waals surface area contributed by atoms with Gasteiger partial charge in [0.15, 0.2) is 0 Å². The first-order chi connectivity index (χ1) is 12.6. The zero-order chi connectivity index (χ0) is 20.1. The van der Waals surface area contributed by atoms with Gasteiger partial charge in [-0.05, 0) is 43.2 Å². The molecule has 0 aliphatic heterocycles. The standard InChI is InChI=1S/C23H36N2O2/c1-22(2,3)20(26)24-16-18-13-11-17(12-14-18)15-23(4,5)21(27)25-19-9-7-6-8-10-19/h6-10,17-18H,11-16H2,1-5H3,(H,24,26)(H,25,27). The van der Waals surface area contributed by atoms with Crippen molar-refractivity contribution < 1.29 is 9.59 Å². The lowest BCUT2D eigenvalue weighted by atomic mass is 9.73. The summed E-state index contributed by atoms with van der Waals surface area (Å²) in [5.74, 6) is 1.36. The third kappa shape index (κ3) is 6.67. The maximum atomic E-state index is 12.7. The number of rotatable bonds is 6. The van der Waals surface area contributed by atoms with Gasteiger partial charge in [0.05, 0.1) is 0 Å². The molecule has 1 fully saturated rings. The van der Waals surface area contributed by atoms with E-state index >= 15 is 0 Å². The molecule has 1 aliphatic carbocycles. The van der Waals surface area contributed by atoms with E-state index in [1.165, 1.54) is 0 Å². The maximum absolute atomic E-state index is 12.7. The molecular formula is C23H36N2O2. The Morgan fingerprint density at radius 1 is 0.889 bits per heavy atom. The summed E-state index contributed by atoms with van der Waals surface area (Å²) >= 11 is 0. The van der Waals surface area contributed by atoms with E-state index in [2.05, 4.69) is 10.6 Å². The Hall–Kier alpha value is -1.84. The van der Waals surface area contributed by atoms with Gasteiger partial charge >= 0.3 is 0 Å². The number of hydrogen-bond acceptors (Lipinski definition) is 2. The Kier molecular flexibility index (Phi) is 7.07. The topological polar surface area (TPSA) is 58.2 Å². The van der Waals surface area contributed by atoms with Crippen LogP contribution in [0.4, 0.5) is 5.69 Å². The molecule has 2 rings (SSSR count). The largest absolute Gasteiger partial charge is 0.355 e. The molecule has 1 aliphatic rings. The lowest BCUT2D eigenvalue weighted by Gasteiger charge is -2.34. The minimum absolute atomic E-state index is 0.0910. The van der Waals surface area contributed by atoms with Crippen LogP contribution in [0.25, 0.3) is 0 Å². The van der Waals surface area contributed by atoms with Crippen LogP contribution in [-0.2, 0) is 9.59 Å². The van der Waals surface area contributed by atoms with E-state index in [0.717, 1.165) is 44.3 Å². The van der Waals surface area contributed by atoms with Crippen LogP contribution in [-0.4, -0.2) is 18.4 Å². The Bertz CT molecular complexity index is 624. The fraction of sp³-hybridized carbons (Fsp3) is 0.652. The average Bonchev–Trinajstić information content (AvgIpc) is 2.60. The number of carbonyl (C=O) groups is 2. The average molecular weight is 373 g/mol. The van der Waals surface area contributed by atoms with Crippen molar-refractivity contribution in [3.63, 3.8) is 0 Å². The molecule has 1 saturated carbocycles. The molecule has 0 radical (unpaired) electrons. The summed E-state index contributed by atoms with van der Waals surface area (Å²) in [5.41, 5.74) is 0.148. The highest BCUT2D eigenvalue weighted by molar-refractivity contribution is 5.94. The van der Waals surface area contributed by atoms with Gasteiger partial charge in [0, 0.05) is 23.1 Å². The lowest BCUT2D eigenvalue weighted by Crippen LogP contribution is -2.39. The first-order valence-electron chi connectivity index (χ1n) is 10.2. The molecule has 4 heteroatoms. The zero-order valence-electron chi connectivity index (χ0n) is 17.6. The van der Waals surface area contributed by atoms with Crippen molar-refractivity contribution in [1.82, 2.24) is 5.32 Å². The Morgan fingerprint density at radius 2 is 1.44 bits per heavy atom. The molecule has 150 valence electrons. The summed E-state index contributed by atoms with van der Waals surface area (Å²) in [6.45, 7) is 10.7. The molecule has 0 atom stereocenters. The fourth-order valence-corrected chi connectivity index (χ4v) is 3.78. The summed E-state index contributed by atoms with van der Waals surface area (Å²) in [6, 6.07) is 9.66. The normalized spacial score (nSPS) is 20.8. The molecule has 0 unspecified atom stereocenters. The summed E-state index contributed by atoms with van der Waals surface area (Å²) in [6.07, 6.45) is 5.44. The van der Waals surface area contributed by atoms with E-state index in [9.17, 15) is 9.59 Å².